The van der Waals surface area contributed by atoms with Crippen LogP contribution in [0.1, 0.15) is 20.3 Å². The fourth-order valence-electron chi connectivity index (χ4n) is 4.95. The van der Waals surface area contributed by atoms with Gasteiger partial charge in [0.05, 0.1) is 11.8 Å². The number of allylic oxidation sites excluding steroid dienone is 2. The van der Waals surface area contributed by atoms with Crippen molar-refractivity contribution >= 4 is 17.8 Å². The molecular weight excluding hydrogens is 270 g/mol. The van der Waals surface area contributed by atoms with Gasteiger partial charge >= 0.3 is 5.97 Å². The molecule has 2 amide bonds. The molecule has 0 aromatic heterocycles. The van der Waals surface area contributed by atoms with E-state index in [1.54, 1.807) is 13.8 Å². The molecule has 2 bridgehead atoms. The molecule has 2 saturated carbocycles. The maximum Gasteiger partial charge on any atom is 0.327 e. The van der Waals surface area contributed by atoms with Crippen molar-refractivity contribution < 1.29 is 19.5 Å². The summed E-state index contributed by atoms with van der Waals surface area (Å²) in [6, 6.07) is -1.04. The molecule has 3 fully saturated rings. The van der Waals surface area contributed by atoms with E-state index in [2.05, 4.69) is 12.2 Å². The molecule has 1 N–H and O–H groups in total. The van der Waals surface area contributed by atoms with Crippen LogP contribution in [0.5, 0.6) is 0 Å². The first-order valence-electron chi connectivity index (χ1n) is 7.71. The second-order valence-corrected chi connectivity index (χ2v) is 7.23. The van der Waals surface area contributed by atoms with Crippen molar-refractivity contribution in [1.29, 1.82) is 0 Å². The van der Waals surface area contributed by atoms with Crippen LogP contribution in [0.15, 0.2) is 12.2 Å². The van der Waals surface area contributed by atoms with Crippen LogP contribution >= 0.6 is 0 Å². The summed E-state index contributed by atoms with van der Waals surface area (Å²) in [5.41, 5.74) is 0. The van der Waals surface area contributed by atoms with E-state index >= 15 is 0 Å². The highest BCUT2D eigenvalue weighted by molar-refractivity contribution is 6.08. The summed E-state index contributed by atoms with van der Waals surface area (Å²) < 4.78 is 0. The van der Waals surface area contributed by atoms with Gasteiger partial charge in [-0.25, -0.2) is 4.79 Å². The number of hydrogen-bond acceptors (Lipinski definition) is 3. The Hall–Kier alpha value is -1.65. The molecule has 0 aromatic carbocycles. The average Bonchev–Trinajstić information content (AvgIpc) is 3.19. The third kappa shape index (κ3) is 1.49. The van der Waals surface area contributed by atoms with Crippen molar-refractivity contribution in [3.63, 3.8) is 0 Å². The number of carbonyl (C=O) groups excluding carboxylic acids is 2. The fourth-order valence-corrected chi connectivity index (χ4v) is 4.95. The summed E-state index contributed by atoms with van der Waals surface area (Å²) in [5, 5.41) is 9.42. The largest absolute Gasteiger partial charge is 0.480 e. The highest BCUT2D eigenvalue weighted by Gasteiger charge is 2.68. The minimum Gasteiger partial charge on any atom is -0.480 e. The van der Waals surface area contributed by atoms with Gasteiger partial charge in [0.1, 0.15) is 6.04 Å². The molecule has 4 aliphatic carbocycles. The Labute approximate surface area is 123 Å². The van der Waals surface area contributed by atoms with Crippen LogP contribution in [0.4, 0.5) is 0 Å². The van der Waals surface area contributed by atoms with Gasteiger partial charge < -0.3 is 5.11 Å². The van der Waals surface area contributed by atoms with Crippen molar-refractivity contribution in [2.45, 2.75) is 26.3 Å². The minimum atomic E-state index is -1.09. The summed E-state index contributed by atoms with van der Waals surface area (Å²) in [6.45, 7) is 3.48. The summed E-state index contributed by atoms with van der Waals surface area (Å²) in [4.78, 5) is 38.1. The molecule has 0 unspecified atom stereocenters. The van der Waals surface area contributed by atoms with Crippen LogP contribution in [-0.2, 0) is 14.4 Å². The molecule has 5 aliphatic rings. The lowest BCUT2D eigenvalue weighted by atomic mass is 9.63. The van der Waals surface area contributed by atoms with Crippen LogP contribution in [0, 0.1) is 41.4 Å². The van der Waals surface area contributed by atoms with E-state index in [-0.39, 0.29) is 41.4 Å². The van der Waals surface area contributed by atoms with Gasteiger partial charge in [-0.3, -0.25) is 14.5 Å². The highest BCUT2D eigenvalue weighted by atomic mass is 16.4. The third-order valence-electron chi connectivity index (χ3n) is 5.86. The van der Waals surface area contributed by atoms with Crippen LogP contribution in [0.3, 0.4) is 0 Å². The first-order chi connectivity index (χ1) is 9.93. The first-order valence-corrected chi connectivity index (χ1v) is 7.71. The predicted octanol–water partition coefficient (Wildman–Crippen LogP) is 1.15. The SMILES string of the molecule is CC(C)[C@H](C(=O)O)N1C(=O)[C@@H]2[C@@H]3C=C[C@H]([C@H]4C[C@@H]34)[C@@H]2C1=O. The Balaban J connectivity index is 1.73. The second kappa shape index (κ2) is 3.96. The number of likely N-dealkylation sites (tertiary alicyclic amines) is 1. The molecule has 0 radical (unpaired) electrons. The number of aliphatic carboxylic acids is 1. The minimum absolute atomic E-state index is 0.146. The molecular formula is C16H19NO4. The Bertz CT molecular complexity index is 545. The fraction of sp³-hybridized carbons (Fsp3) is 0.688. The molecule has 5 heteroatoms. The van der Waals surface area contributed by atoms with E-state index in [1.807, 2.05) is 0 Å². The van der Waals surface area contributed by atoms with E-state index in [0.717, 1.165) is 11.3 Å². The highest BCUT2D eigenvalue weighted by Crippen LogP contribution is 2.65. The Morgan fingerprint density at radius 3 is 2.00 bits per heavy atom. The third-order valence-corrected chi connectivity index (χ3v) is 5.86. The van der Waals surface area contributed by atoms with Gasteiger partial charge in [-0.1, -0.05) is 26.0 Å². The van der Waals surface area contributed by atoms with Crippen LogP contribution < -0.4 is 0 Å². The maximum atomic E-state index is 12.8. The first kappa shape index (κ1) is 13.0. The van der Waals surface area contributed by atoms with Gasteiger partial charge in [0, 0.05) is 0 Å². The number of amides is 2. The average molecular weight is 289 g/mol. The topological polar surface area (TPSA) is 74.7 Å². The number of imide groups is 1. The zero-order valence-electron chi connectivity index (χ0n) is 12.1. The van der Waals surface area contributed by atoms with Crippen molar-refractivity contribution in [1.82, 2.24) is 4.90 Å². The summed E-state index contributed by atoms with van der Waals surface area (Å²) in [6.07, 6.45) is 5.31. The Morgan fingerprint density at radius 2 is 1.62 bits per heavy atom. The second-order valence-electron chi connectivity index (χ2n) is 7.23. The van der Waals surface area contributed by atoms with Gasteiger partial charge in [0.25, 0.3) is 0 Å². The molecule has 7 atom stereocenters. The van der Waals surface area contributed by atoms with E-state index in [0.29, 0.717) is 11.8 Å². The van der Waals surface area contributed by atoms with Crippen molar-refractivity contribution in [3.05, 3.63) is 12.2 Å². The van der Waals surface area contributed by atoms with E-state index in [4.69, 9.17) is 0 Å². The van der Waals surface area contributed by atoms with Gasteiger partial charge in [0.2, 0.25) is 11.8 Å². The van der Waals surface area contributed by atoms with E-state index in [1.165, 1.54) is 0 Å². The summed E-state index contributed by atoms with van der Waals surface area (Å²) >= 11 is 0. The van der Waals surface area contributed by atoms with E-state index < -0.39 is 12.0 Å². The zero-order valence-corrected chi connectivity index (χ0v) is 12.1. The van der Waals surface area contributed by atoms with Crippen molar-refractivity contribution in [2.24, 2.45) is 41.4 Å². The summed E-state index contributed by atoms with van der Waals surface area (Å²) in [7, 11) is 0. The molecule has 0 aromatic rings. The van der Waals surface area contributed by atoms with Crippen molar-refractivity contribution in [3.8, 4) is 0 Å². The smallest absolute Gasteiger partial charge is 0.327 e. The number of carboxylic acid groups (broad SMARTS) is 1. The van der Waals surface area contributed by atoms with Gasteiger partial charge in [0.15, 0.2) is 0 Å². The number of nitrogens with zero attached hydrogens (tertiary/aromatic N) is 1. The molecule has 1 aliphatic heterocycles. The van der Waals surface area contributed by atoms with Crippen LogP contribution in [0.25, 0.3) is 0 Å². The molecule has 1 heterocycles. The number of rotatable bonds is 3. The number of carboxylic acids is 1. The van der Waals surface area contributed by atoms with Gasteiger partial charge in [-0.05, 0) is 36.0 Å². The molecule has 1 saturated heterocycles. The Kier molecular flexibility index (Phi) is 2.46. The molecule has 5 nitrogen and oxygen atoms in total. The monoisotopic (exact) mass is 289 g/mol. The number of carbonyl (C=O) groups is 3. The quantitative estimate of drug-likeness (QED) is 0.624. The lowest BCUT2D eigenvalue weighted by Crippen LogP contribution is -2.48. The van der Waals surface area contributed by atoms with Gasteiger partial charge in [-0.2, -0.15) is 0 Å². The van der Waals surface area contributed by atoms with Crippen LogP contribution in [0.2, 0.25) is 0 Å². The molecule has 5 rings (SSSR count). The molecule has 21 heavy (non-hydrogen) atoms. The van der Waals surface area contributed by atoms with Gasteiger partial charge in [-0.15, -0.1) is 0 Å². The molecule has 112 valence electrons. The maximum absolute atomic E-state index is 12.8. The van der Waals surface area contributed by atoms with E-state index in [9.17, 15) is 19.5 Å². The predicted molar refractivity (Wildman–Crippen MR) is 72.8 cm³/mol. The zero-order chi connectivity index (χ0) is 15.0. The standard InChI is InChI=1S/C16H19NO4/c1-6(2)13(16(20)21)17-14(18)11-7-3-4-8(10-5-9(7)10)12(11)15(17)19/h3-4,6-13H,5H2,1-2H3,(H,20,21)/t7-,8-,9-,10+,11+,12-,13-/m1/s1. The lowest BCUT2D eigenvalue weighted by Gasteiger charge is -2.37. The van der Waals surface area contributed by atoms with Crippen molar-refractivity contribution in [2.75, 3.05) is 0 Å². The molecule has 0 spiro atoms. The summed E-state index contributed by atoms with van der Waals surface area (Å²) in [5.74, 6) is -1.12. The normalized spacial score (nSPS) is 44.0. The van der Waals surface area contributed by atoms with Crippen LogP contribution in [-0.4, -0.2) is 33.8 Å². The lowest BCUT2D eigenvalue weighted by molar-refractivity contribution is -0.157. The Morgan fingerprint density at radius 1 is 1.14 bits per heavy atom. The number of hydrogen-bond donors (Lipinski definition) is 1.